The lowest BCUT2D eigenvalue weighted by Gasteiger charge is -2.09. The van der Waals surface area contributed by atoms with Crippen LogP contribution in [0.15, 0.2) is 30.4 Å². The Morgan fingerprint density at radius 1 is 1.00 bits per heavy atom. The van der Waals surface area contributed by atoms with Gasteiger partial charge in [0.1, 0.15) is 0 Å². The Kier molecular flexibility index (Phi) is 2.33. The van der Waals surface area contributed by atoms with E-state index in [4.69, 9.17) is 0 Å². The minimum Gasteiger partial charge on any atom is -0.289 e. The van der Waals surface area contributed by atoms with Crippen molar-refractivity contribution in [2.75, 3.05) is 0 Å². The summed E-state index contributed by atoms with van der Waals surface area (Å²) in [5, 5.41) is 0.686. The van der Waals surface area contributed by atoms with Gasteiger partial charge >= 0.3 is 0 Å². The van der Waals surface area contributed by atoms with Crippen LogP contribution >= 0.6 is 15.9 Å². The number of carbonyl (C=O) groups excluding carboxylic acids is 2. The van der Waals surface area contributed by atoms with Gasteiger partial charge < -0.3 is 0 Å². The van der Waals surface area contributed by atoms with Gasteiger partial charge in [0.25, 0.3) is 0 Å². The molecular formula is C11H7BrO2. The maximum atomic E-state index is 11.4. The number of ketones is 2. The van der Waals surface area contributed by atoms with Crippen LogP contribution in [0.2, 0.25) is 0 Å². The van der Waals surface area contributed by atoms with E-state index in [1.165, 1.54) is 12.2 Å². The van der Waals surface area contributed by atoms with Crippen LogP contribution < -0.4 is 0 Å². The summed E-state index contributed by atoms with van der Waals surface area (Å²) >= 11 is 3.31. The van der Waals surface area contributed by atoms with E-state index in [1.807, 2.05) is 6.07 Å². The molecule has 1 aliphatic rings. The molecule has 14 heavy (non-hydrogen) atoms. The monoisotopic (exact) mass is 250 g/mol. The second kappa shape index (κ2) is 3.50. The van der Waals surface area contributed by atoms with Gasteiger partial charge in [0.05, 0.1) is 0 Å². The van der Waals surface area contributed by atoms with Crippen molar-refractivity contribution < 1.29 is 9.59 Å². The number of hydrogen-bond acceptors (Lipinski definition) is 2. The summed E-state index contributed by atoms with van der Waals surface area (Å²) in [4.78, 5) is 22.8. The second-order valence-corrected chi connectivity index (χ2v) is 3.64. The van der Waals surface area contributed by atoms with Crippen molar-refractivity contribution in [2.24, 2.45) is 0 Å². The molecule has 0 heterocycles. The number of hydrogen-bond donors (Lipinski definition) is 0. The van der Waals surface area contributed by atoms with E-state index in [0.717, 1.165) is 5.56 Å². The maximum absolute atomic E-state index is 11.4. The molecule has 1 aromatic rings. The molecule has 0 aromatic heterocycles. The molecule has 2 rings (SSSR count). The Labute approximate surface area is 89.8 Å². The van der Waals surface area contributed by atoms with E-state index in [1.54, 1.807) is 12.1 Å². The van der Waals surface area contributed by atoms with Crippen molar-refractivity contribution in [1.29, 1.82) is 0 Å². The van der Waals surface area contributed by atoms with Gasteiger partial charge in [-0.15, -0.1) is 0 Å². The minimum atomic E-state index is -0.0966. The van der Waals surface area contributed by atoms with Crippen LogP contribution in [0.4, 0.5) is 0 Å². The highest BCUT2D eigenvalue weighted by Crippen LogP contribution is 2.19. The molecule has 3 heteroatoms. The Balaban J connectivity index is 2.61. The van der Waals surface area contributed by atoms with E-state index in [0.29, 0.717) is 16.5 Å². The molecule has 0 atom stereocenters. The lowest BCUT2D eigenvalue weighted by molar-refractivity contribution is 0.0994. The standard InChI is InChI=1S/C11H7BrO2/c12-6-7-1-2-8-9(5-7)11(14)4-3-10(8)13/h1-5H,6H2. The number of allylic oxidation sites excluding steroid dienone is 2. The van der Waals surface area contributed by atoms with Gasteiger partial charge in [0.2, 0.25) is 0 Å². The Bertz CT molecular complexity index is 447. The summed E-state index contributed by atoms with van der Waals surface area (Å²) in [5.74, 6) is -0.192. The molecule has 0 amide bonds. The largest absolute Gasteiger partial charge is 0.289 e. The lowest BCUT2D eigenvalue weighted by atomic mass is 9.93. The molecule has 0 spiro atoms. The van der Waals surface area contributed by atoms with Crippen molar-refractivity contribution in [1.82, 2.24) is 0 Å². The first-order valence-corrected chi connectivity index (χ1v) is 5.30. The fourth-order valence-electron chi connectivity index (χ4n) is 1.42. The highest BCUT2D eigenvalue weighted by molar-refractivity contribution is 9.08. The van der Waals surface area contributed by atoms with E-state index in [2.05, 4.69) is 15.9 Å². The lowest BCUT2D eigenvalue weighted by Crippen LogP contribution is -2.11. The summed E-state index contributed by atoms with van der Waals surface area (Å²) in [5.41, 5.74) is 2.01. The summed E-state index contributed by atoms with van der Waals surface area (Å²) in [6.07, 6.45) is 2.64. The average Bonchev–Trinajstić information content (AvgIpc) is 2.23. The third kappa shape index (κ3) is 1.44. The van der Waals surface area contributed by atoms with Crippen LogP contribution in [0.5, 0.6) is 0 Å². The van der Waals surface area contributed by atoms with Crippen LogP contribution in [0.3, 0.4) is 0 Å². The first kappa shape index (κ1) is 9.34. The molecule has 0 unspecified atom stereocenters. The molecule has 1 aliphatic carbocycles. The van der Waals surface area contributed by atoms with Gasteiger partial charge in [-0.05, 0) is 23.8 Å². The summed E-state index contributed by atoms with van der Waals surface area (Å²) in [6.45, 7) is 0. The van der Waals surface area contributed by atoms with Crippen LogP contribution in [0.1, 0.15) is 26.3 Å². The quantitative estimate of drug-likeness (QED) is 0.718. The van der Waals surface area contributed by atoms with Gasteiger partial charge in [-0.2, -0.15) is 0 Å². The predicted molar refractivity (Wildman–Crippen MR) is 56.9 cm³/mol. The van der Waals surface area contributed by atoms with E-state index < -0.39 is 0 Å². The fraction of sp³-hybridized carbons (Fsp3) is 0.0909. The number of alkyl halides is 1. The minimum absolute atomic E-state index is 0.0950. The highest BCUT2D eigenvalue weighted by atomic mass is 79.9. The second-order valence-electron chi connectivity index (χ2n) is 3.08. The summed E-state index contributed by atoms with van der Waals surface area (Å²) < 4.78 is 0. The Morgan fingerprint density at radius 3 is 2.29 bits per heavy atom. The highest BCUT2D eigenvalue weighted by Gasteiger charge is 2.18. The van der Waals surface area contributed by atoms with Gasteiger partial charge in [-0.25, -0.2) is 0 Å². The fourth-order valence-corrected chi connectivity index (χ4v) is 1.77. The van der Waals surface area contributed by atoms with Crippen molar-refractivity contribution >= 4 is 27.5 Å². The molecule has 0 bridgehead atoms. The first-order valence-electron chi connectivity index (χ1n) is 4.18. The van der Waals surface area contributed by atoms with Crippen LogP contribution in [0, 0.1) is 0 Å². The number of rotatable bonds is 1. The molecular weight excluding hydrogens is 244 g/mol. The van der Waals surface area contributed by atoms with Crippen LogP contribution in [0.25, 0.3) is 0 Å². The Hall–Kier alpha value is -1.22. The van der Waals surface area contributed by atoms with Crippen molar-refractivity contribution in [3.63, 3.8) is 0 Å². The molecule has 2 nitrogen and oxygen atoms in total. The van der Waals surface area contributed by atoms with Crippen LogP contribution in [-0.2, 0) is 5.33 Å². The van der Waals surface area contributed by atoms with Crippen molar-refractivity contribution in [3.8, 4) is 0 Å². The van der Waals surface area contributed by atoms with Gasteiger partial charge in [-0.3, -0.25) is 9.59 Å². The number of benzene rings is 1. The molecule has 0 N–H and O–H groups in total. The first-order chi connectivity index (χ1) is 6.72. The number of fused-ring (bicyclic) bond motifs is 1. The summed E-state index contributed by atoms with van der Waals surface area (Å²) in [7, 11) is 0. The maximum Gasteiger partial charge on any atom is 0.186 e. The smallest absolute Gasteiger partial charge is 0.186 e. The van der Waals surface area contributed by atoms with Crippen LogP contribution in [-0.4, -0.2) is 11.6 Å². The van der Waals surface area contributed by atoms with Gasteiger partial charge in [-0.1, -0.05) is 28.1 Å². The zero-order chi connectivity index (χ0) is 10.1. The molecule has 0 radical (unpaired) electrons. The van der Waals surface area contributed by atoms with E-state index >= 15 is 0 Å². The van der Waals surface area contributed by atoms with E-state index in [-0.39, 0.29) is 11.6 Å². The van der Waals surface area contributed by atoms with Crippen molar-refractivity contribution in [2.45, 2.75) is 5.33 Å². The zero-order valence-electron chi connectivity index (χ0n) is 7.29. The third-order valence-electron chi connectivity index (χ3n) is 2.16. The predicted octanol–water partition coefficient (Wildman–Crippen LogP) is 2.52. The topological polar surface area (TPSA) is 34.1 Å². The van der Waals surface area contributed by atoms with Crippen molar-refractivity contribution in [3.05, 3.63) is 47.0 Å². The molecule has 0 fully saturated rings. The summed E-state index contributed by atoms with van der Waals surface area (Å²) in [6, 6.07) is 5.31. The van der Waals surface area contributed by atoms with Gasteiger partial charge in [0, 0.05) is 16.5 Å². The normalized spacial score (nSPS) is 14.4. The molecule has 70 valence electrons. The number of carbonyl (C=O) groups is 2. The van der Waals surface area contributed by atoms with Gasteiger partial charge in [0.15, 0.2) is 11.6 Å². The molecule has 0 saturated heterocycles. The zero-order valence-corrected chi connectivity index (χ0v) is 8.87. The molecule has 0 saturated carbocycles. The molecule has 1 aromatic carbocycles. The Morgan fingerprint density at radius 2 is 1.64 bits per heavy atom. The number of halogens is 1. The SMILES string of the molecule is O=C1C=CC(=O)c2cc(CBr)ccc21. The average molecular weight is 251 g/mol. The molecule has 0 aliphatic heterocycles. The van der Waals surface area contributed by atoms with E-state index in [9.17, 15) is 9.59 Å². The third-order valence-corrected chi connectivity index (χ3v) is 2.80.